The molecule has 1 aromatic heterocycles. The Kier molecular flexibility index (Phi) is 4.26. The third-order valence-electron chi connectivity index (χ3n) is 4.64. The van der Waals surface area contributed by atoms with Gasteiger partial charge in [0.05, 0.1) is 6.10 Å². The molecule has 1 aliphatic carbocycles. The number of thiazole rings is 1. The van der Waals surface area contributed by atoms with Crippen LogP contribution in [0.15, 0.2) is 11.6 Å². The second kappa shape index (κ2) is 5.97. The van der Waals surface area contributed by atoms with Crippen LogP contribution in [0.3, 0.4) is 0 Å². The van der Waals surface area contributed by atoms with Crippen LogP contribution >= 0.6 is 11.3 Å². The molecule has 0 atom stereocenters. The van der Waals surface area contributed by atoms with Crippen molar-refractivity contribution in [3.8, 4) is 0 Å². The first kappa shape index (κ1) is 14.3. The smallest absolute Gasteiger partial charge is 0.185 e. The van der Waals surface area contributed by atoms with E-state index in [4.69, 9.17) is 10.5 Å². The summed E-state index contributed by atoms with van der Waals surface area (Å²) in [4.78, 5) is 9.35. The molecule has 20 heavy (non-hydrogen) atoms. The van der Waals surface area contributed by atoms with E-state index in [1.165, 1.54) is 0 Å². The van der Waals surface area contributed by atoms with Gasteiger partial charge in [0.1, 0.15) is 0 Å². The van der Waals surface area contributed by atoms with Crippen molar-refractivity contribution >= 4 is 16.5 Å². The monoisotopic (exact) mass is 296 g/mol. The van der Waals surface area contributed by atoms with E-state index in [2.05, 4.69) is 21.7 Å². The highest BCUT2D eigenvalue weighted by Gasteiger charge is 2.48. The maximum Gasteiger partial charge on any atom is 0.185 e. The molecule has 0 amide bonds. The molecule has 1 aromatic rings. The van der Waals surface area contributed by atoms with Crippen LogP contribution in [0.2, 0.25) is 0 Å². The lowest BCUT2D eigenvalue weighted by molar-refractivity contribution is -0.101. The van der Waals surface area contributed by atoms with E-state index in [1.54, 1.807) is 11.3 Å². The molecule has 112 valence electrons. The predicted molar refractivity (Wildman–Crippen MR) is 82.3 cm³/mol. The van der Waals surface area contributed by atoms with Crippen molar-refractivity contribution in [2.75, 3.05) is 44.2 Å². The van der Waals surface area contributed by atoms with Gasteiger partial charge in [-0.15, -0.1) is 11.3 Å². The zero-order valence-corrected chi connectivity index (χ0v) is 12.9. The van der Waals surface area contributed by atoms with Gasteiger partial charge >= 0.3 is 0 Å². The predicted octanol–water partition coefficient (Wildman–Crippen LogP) is 1.16. The average molecular weight is 296 g/mol. The molecule has 0 aromatic carbocycles. The number of nitrogens with two attached hydrogens (primary N) is 1. The lowest BCUT2D eigenvalue weighted by Crippen LogP contribution is -2.67. The molecule has 0 unspecified atom stereocenters. The van der Waals surface area contributed by atoms with Crippen molar-refractivity contribution in [1.29, 1.82) is 0 Å². The Morgan fingerprint density at radius 2 is 2.15 bits per heavy atom. The zero-order chi connectivity index (χ0) is 14.0. The largest absolute Gasteiger partial charge is 0.378 e. The first-order valence-corrected chi connectivity index (χ1v) is 8.36. The second-order valence-corrected chi connectivity index (χ2v) is 6.58. The Hall–Kier alpha value is -0.690. The van der Waals surface area contributed by atoms with Gasteiger partial charge in [-0.2, -0.15) is 0 Å². The molecule has 1 saturated carbocycles. The van der Waals surface area contributed by atoms with Crippen LogP contribution in [0, 0.1) is 0 Å². The van der Waals surface area contributed by atoms with Crippen LogP contribution in [0.4, 0.5) is 5.13 Å². The van der Waals surface area contributed by atoms with Crippen molar-refractivity contribution in [3.05, 3.63) is 11.6 Å². The van der Waals surface area contributed by atoms with Gasteiger partial charge in [0.15, 0.2) is 5.13 Å². The van der Waals surface area contributed by atoms with Gasteiger partial charge in [0, 0.05) is 56.4 Å². The van der Waals surface area contributed by atoms with Gasteiger partial charge in [-0.05, 0) is 19.8 Å². The summed E-state index contributed by atoms with van der Waals surface area (Å²) >= 11 is 1.72. The Bertz CT molecular complexity index is 411. The number of piperazine rings is 1. The van der Waals surface area contributed by atoms with Crippen molar-refractivity contribution in [2.24, 2.45) is 5.73 Å². The fourth-order valence-corrected chi connectivity index (χ4v) is 4.14. The number of hydrogen-bond acceptors (Lipinski definition) is 6. The Morgan fingerprint density at radius 1 is 1.40 bits per heavy atom. The lowest BCUT2D eigenvalue weighted by Gasteiger charge is -2.55. The summed E-state index contributed by atoms with van der Waals surface area (Å²) in [5.41, 5.74) is 6.26. The highest BCUT2D eigenvalue weighted by molar-refractivity contribution is 7.13. The molecule has 1 aliphatic heterocycles. The van der Waals surface area contributed by atoms with E-state index in [0.717, 1.165) is 57.3 Å². The maximum atomic E-state index is 6.07. The van der Waals surface area contributed by atoms with Crippen LogP contribution in [0.1, 0.15) is 19.8 Å². The minimum absolute atomic E-state index is 0.189. The molecular formula is C14H24N4OS. The van der Waals surface area contributed by atoms with Crippen molar-refractivity contribution in [2.45, 2.75) is 31.4 Å². The normalized spacial score (nSPS) is 31.3. The van der Waals surface area contributed by atoms with Gasteiger partial charge in [-0.3, -0.25) is 4.90 Å². The summed E-state index contributed by atoms with van der Waals surface area (Å²) in [5, 5.41) is 3.19. The SMILES string of the molecule is CCOC1CC(CN)(N2CCN(c3nccs3)CC2)C1. The number of rotatable bonds is 5. The molecule has 0 spiro atoms. The Labute approximate surface area is 124 Å². The molecule has 1 saturated heterocycles. The van der Waals surface area contributed by atoms with Gasteiger partial charge in [0.25, 0.3) is 0 Å². The van der Waals surface area contributed by atoms with E-state index in [0.29, 0.717) is 6.10 Å². The lowest BCUT2D eigenvalue weighted by atomic mass is 9.72. The maximum absolute atomic E-state index is 6.07. The fraction of sp³-hybridized carbons (Fsp3) is 0.786. The molecule has 2 aliphatic rings. The number of hydrogen-bond donors (Lipinski definition) is 1. The van der Waals surface area contributed by atoms with E-state index in [-0.39, 0.29) is 5.54 Å². The van der Waals surface area contributed by atoms with Gasteiger partial charge in [-0.1, -0.05) is 0 Å². The standard InChI is InChI=1S/C14H24N4OS/c1-2-19-12-9-14(10-12,11-15)18-6-4-17(5-7-18)13-16-3-8-20-13/h3,8,12H,2,4-7,9-11,15H2,1H3. The van der Waals surface area contributed by atoms with E-state index in [1.807, 2.05) is 11.6 Å². The summed E-state index contributed by atoms with van der Waals surface area (Å²) < 4.78 is 5.70. The zero-order valence-electron chi connectivity index (χ0n) is 12.1. The quantitative estimate of drug-likeness (QED) is 0.884. The van der Waals surface area contributed by atoms with E-state index in [9.17, 15) is 0 Å². The molecule has 2 fully saturated rings. The average Bonchev–Trinajstić information content (AvgIpc) is 2.97. The Morgan fingerprint density at radius 3 is 2.70 bits per heavy atom. The van der Waals surface area contributed by atoms with E-state index < -0.39 is 0 Å². The highest BCUT2D eigenvalue weighted by atomic mass is 32.1. The minimum Gasteiger partial charge on any atom is -0.378 e. The van der Waals surface area contributed by atoms with Crippen LogP contribution < -0.4 is 10.6 Å². The van der Waals surface area contributed by atoms with Gasteiger partial charge in [0.2, 0.25) is 0 Å². The number of nitrogens with zero attached hydrogens (tertiary/aromatic N) is 3. The summed E-state index contributed by atoms with van der Waals surface area (Å²) in [7, 11) is 0. The molecule has 3 rings (SSSR count). The second-order valence-electron chi connectivity index (χ2n) is 5.70. The van der Waals surface area contributed by atoms with E-state index >= 15 is 0 Å². The molecule has 2 heterocycles. The minimum atomic E-state index is 0.189. The molecule has 0 radical (unpaired) electrons. The van der Waals surface area contributed by atoms with Crippen molar-refractivity contribution < 1.29 is 4.74 Å². The third kappa shape index (κ3) is 2.57. The summed E-state index contributed by atoms with van der Waals surface area (Å²) in [6.45, 7) is 7.88. The molecular weight excluding hydrogens is 272 g/mol. The number of aromatic nitrogens is 1. The van der Waals surface area contributed by atoms with Crippen LogP contribution in [-0.2, 0) is 4.74 Å². The third-order valence-corrected chi connectivity index (χ3v) is 5.47. The number of ether oxygens (including phenoxy) is 1. The van der Waals surface area contributed by atoms with Crippen molar-refractivity contribution in [3.63, 3.8) is 0 Å². The summed E-state index contributed by atoms with van der Waals surface area (Å²) in [6.07, 6.45) is 4.48. The topological polar surface area (TPSA) is 54.6 Å². The fourth-order valence-electron chi connectivity index (χ4n) is 3.44. The van der Waals surface area contributed by atoms with Crippen LogP contribution in [0.5, 0.6) is 0 Å². The first-order valence-electron chi connectivity index (χ1n) is 7.48. The first-order chi connectivity index (χ1) is 9.77. The highest BCUT2D eigenvalue weighted by Crippen LogP contribution is 2.39. The van der Waals surface area contributed by atoms with Crippen LogP contribution in [-0.4, -0.2) is 60.9 Å². The molecule has 5 nitrogen and oxygen atoms in total. The Balaban J connectivity index is 1.55. The molecule has 2 N–H and O–H groups in total. The number of anilines is 1. The van der Waals surface area contributed by atoms with Crippen molar-refractivity contribution in [1.82, 2.24) is 9.88 Å². The van der Waals surface area contributed by atoms with Gasteiger partial charge in [-0.25, -0.2) is 4.98 Å². The molecule has 0 bridgehead atoms. The van der Waals surface area contributed by atoms with Gasteiger partial charge < -0.3 is 15.4 Å². The molecule has 6 heteroatoms. The summed E-state index contributed by atoms with van der Waals surface area (Å²) in [5.74, 6) is 0. The van der Waals surface area contributed by atoms with Crippen LogP contribution in [0.25, 0.3) is 0 Å². The summed E-state index contributed by atoms with van der Waals surface area (Å²) in [6, 6.07) is 0.